The van der Waals surface area contributed by atoms with Crippen LogP contribution in [-0.4, -0.2) is 36.2 Å². The van der Waals surface area contributed by atoms with E-state index in [2.05, 4.69) is 14.7 Å². The van der Waals surface area contributed by atoms with Gasteiger partial charge in [0.05, 0.1) is 23.1 Å². The molecule has 2 aromatic heterocycles. The van der Waals surface area contributed by atoms with Crippen molar-refractivity contribution in [2.24, 2.45) is 0 Å². The van der Waals surface area contributed by atoms with Crippen LogP contribution in [0.3, 0.4) is 0 Å². The third-order valence-corrected chi connectivity index (χ3v) is 7.46. The number of fused-ring (bicyclic) bond motifs is 1. The maximum Gasteiger partial charge on any atom is 0.416 e. The number of H-pyrrole nitrogens is 1. The number of amides is 1. The number of carbonyl (C=O) groups is 1. The smallest absolute Gasteiger partial charge is 0.340 e. The Morgan fingerprint density at radius 3 is 2.53 bits per heavy atom. The van der Waals surface area contributed by atoms with Crippen LogP contribution in [0.15, 0.2) is 58.8 Å². The first-order valence-corrected chi connectivity index (χ1v) is 12.3. The van der Waals surface area contributed by atoms with Crippen LogP contribution in [0.2, 0.25) is 0 Å². The minimum atomic E-state index is -4.49. The van der Waals surface area contributed by atoms with Crippen LogP contribution in [0.5, 0.6) is 0 Å². The molecule has 2 N–H and O–H groups in total. The second kappa shape index (κ2) is 8.76. The molecule has 178 valence electrons. The lowest BCUT2D eigenvalue weighted by Gasteiger charge is -2.16. The number of carbonyl (C=O) groups excluding carboxylic acids is 1. The van der Waals surface area contributed by atoms with Crippen LogP contribution < -0.4 is 4.72 Å². The average molecular weight is 509 g/mol. The molecule has 7 nitrogen and oxygen atoms in total. The molecule has 0 spiro atoms. The normalized spacial score (nSPS) is 12.1. The van der Waals surface area contributed by atoms with Gasteiger partial charge >= 0.3 is 6.18 Å². The molecular formula is C22H19F3N4O3S2. The van der Waals surface area contributed by atoms with E-state index in [4.69, 9.17) is 0 Å². The molecule has 0 aliphatic carbocycles. The summed E-state index contributed by atoms with van der Waals surface area (Å²) < 4.78 is 67.1. The Morgan fingerprint density at radius 1 is 1.15 bits per heavy atom. The molecule has 4 aromatic rings. The lowest BCUT2D eigenvalue weighted by Crippen LogP contribution is -2.27. The summed E-state index contributed by atoms with van der Waals surface area (Å²) in [6.45, 7) is 1.82. The summed E-state index contributed by atoms with van der Waals surface area (Å²) in [6, 6.07) is 11.3. The zero-order valence-electron chi connectivity index (χ0n) is 18.0. The molecule has 0 radical (unpaired) electrons. The van der Waals surface area contributed by atoms with Crippen LogP contribution in [0.25, 0.3) is 11.0 Å². The number of aromatic nitrogens is 2. The van der Waals surface area contributed by atoms with E-state index in [0.717, 1.165) is 29.0 Å². The van der Waals surface area contributed by atoms with Crippen molar-refractivity contribution in [3.63, 3.8) is 0 Å². The SMILES string of the molecule is Cc1ccc(NS(=O)(=O)c2ccsc2C(=O)N(C)Cc2nc3ccc(C(F)(F)F)cc3[nH]2)cc1. The standard InChI is InChI=1S/C22H19F3N4O3S2/c1-13-3-6-15(7-4-13)28-34(31,32)18-9-10-33-20(18)21(30)29(2)12-19-26-16-8-5-14(22(23,24)25)11-17(16)27-19/h3-11,28H,12H2,1-2H3,(H,26,27). The molecule has 0 saturated heterocycles. The van der Waals surface area contributed by atoms with E-state index in [1.165, 1.54) is 29.5 Å². The number of alkyl halides is 3. The summed E-state index contributed by atoms with van der Waals surface area (Å²) in [5.41, 5.74) is 1.03. The lowest BCUT2D eigenvalue weighted by molar-refractivity contribution is -0.137. The van der Waals surface area contributed by atoms with Crippen LogP contribution in [0.4, 0.5) is 18.9 Å². The number of aryl methyl sites for hydroxylation is 1. The Hall–Kier alpha value is -3.38. The van der Waals surface area contributed by atoms with Crippen LogP contribution in [0.1, 0.15) is 26.6 Å². The Labute approximate surface area is 197 Å². The number of rotatable bonds is 6. The summed E-state index contributed by atoms with van der Waals surface area (Å²) in [7, 11) is -2.56. The van der Waals surface area contributed by atoms with E-state index >= 15 is 0 Å². The third kappa shape index (κ3) is 4.92. The molecule has 1 amide bonds. The predicted octanol–water partition coefficient (Wildman–Crippen LogP) is 5.02. The zero-order valence-corrected chi connectivity index (χ0v) is 19.6. The number of hydrogen-bond acceptors (Lipinski definition) is 5. The fourth-order valence-electron chi connectivity index (χ4n) is 3.28. The summed E-state index contributed by atoms with van der Waals surface area (Å²) in [6.07, 6.45) is -4.49. The molecule has 0 aliphatic heterocycles. The Balaban J connectivity index is 1.54. The maximum absolute atomic E-state index is 13.0. The van der Waals surface area contributed by atoms with Crippen molar-refractivity contribution in [2.75, 3.05) is 11.8 Å². The topological polar surface area (TPSA) is 95.2 Å². The molecule has 0 bridgehead atoms. The molecule has 34 heavy (non-hydrogen) atoms. The van der Waals surface area contributed by atoms with Gasteiger partial charge in [-0.25, -0.2) is 13.4 Å². The molecule has 0 saturated carbocycles. The van der Waals surface area contributed by atoms with Gasteiger partial charge < -0.3 is 9.88 Å². The van der Waals surface area contributed by atoms with Crippen molar-refractivity contribution < 1.29 is 26.4 Å². The van der Waals surface area contributed by atoms with Gasteiger partial charge in [0.15, 0.2) is 0 Å². The molecule has 4 rings (SSSR count). The number of thiophene rings is 1. The van der Waals surface area contributed by atoms with Crippen LogP contribution in [-0.2, 0) is 22.7 Å². The Kier molecular flexibility index (Phi) is 6.13. The molecule has 0 atom stereocenters. The molecule has 0 aliphatic rings. The van der Waals surface area contributed by atoms with E-state index in [0.29, 0.717) is 11.2 Å². The largest absolute Gasteiger partial charge is 0.416 e. The number of sulfonamides is 1. The summed E-state index contributed by atoms with van der Waals surface area (Å²) >= 11 is 0.980. The van der Waals surface area contributed by atoms with E-state index < -0.39 is 27.7 Å². The second-order valence-electron chi connectivity index (χ2n) is 7.66. The first-order chi connectivity index (χ1) is 15.9. The van der Waals surface area contributed by atoms with Gasteiger partial charge in [-0.05, 0) is 48.7 Å². The van der Waals surface area contributed by atoms with Gasteiger partial charge in [-0.3, -0.25) is 9.52 Å². The van der Waals surface area contributed by atoms with Gasteiger partial charge in [-0.2, -0.15) is 13.2 Å². The van der Waals surface area contributed by atoms with Crippen LogP contribution >= 0.6 is 11.3 Å². The summed E-state index contributed by atoms with van der Waals surface area (Å²) in [5.74, 6) is -0.292. The molecule has 0 fully saturated rings. The van der Waals surface area contributed by atoms with Crippen LogP contribution in [0, 0.1) is 6.92 Å². The van der Waals surface area contributed by atoms with Gasteiger partial charge in [0.2, 0.25) is 0 Å². The monoisotopic (exact) mass is 508 g/mol. The van der Waals surface area contributed by atoms with Crippen molar-refractivity contribution in [1.82, 2.24) is 14.9 Å². The van der Waals surface area contributed by atoms with Crippen molar-refractivity contribution >= 4 is 44.0 Å². The van der Waals surface area contributed by atoms with E-state index in [1.54, 1.807) is 24.3 Å². The van der Waals surface area contributed by atoms with Gasteiger partial charge in [0, 0.05) is 12.7 Å². The number of halogens is 3. The highest BCUT2D eigenvalue weighted by Crippen LogP contribution is 2.31. The molecule has 2 aromatic carbocycles. The van der Waals surface area contributed by atoms with Crippen molar-refractivity contribution in [1.29, 1.82) is 0 Å². The Morgan fingerprint density at radius 2 is 1.85 bits per heavy atom. The highest BCUT2D eigenvalue weighted by molar-refractivity contribution is 7.93. The minimum Gasteiger partial charge on any atom is -0.340 e. The van der Waals surface area contributed by atoms with Gasteiger partial charge in [-0.1, -0.05) is 17.7 Å². The highest BCUT2D eigenvalue weighted by Gasteiger charge is 2.31. The van der Waals surface area contributed by atoms with Gasteiger partial charge in [-0.15, -0.1) is 11.3 Å². The van der Waals surface area contributed by atoms with Crippen molar-refractivity contribution in [3.05, 3.63) is 75.7 Å². The van der Waals surface area contributed by atoms with E-state index in [-0.39, 0.29) is 27.7 Å². The highest BCUT2D eigenvalue weighted by atomic mass is 32.2. The summed E-state index contributed by atoms with van der Waals surface area (Å²) in [5, 5.41) is 1.50. The van der Waals surface area contributed by atoms with Crippen molar-refractivity contribution in [2.45, 2.75) is 24.5 Å². The quantitative estimate of drug-likeness (QED) is 0.382. The first-order valence-electron chi connectivity index (χ1n) is 9.92. The fourth-order valence-corrected chi connectivity index (χ4v) is 5.76. The predicted molar refractivity (Wildman–Crippen MR) is 123 cm³/mol. The number of anilines is 1. The third-order valence-electron chi connectivity index (χ3n) is 5.01. The number of nitrogens with zero attached hydrogens (tertiary/aromatic N) is 2. The summed E-state index contributed by atoms with van der Waals surface area (Å²) in [4.78, 5) is 21.2. The fraction of sp³-hybridized carbons (Fsp3) is 0.182. The lowest BCUT2D eigenvalue weighted by atomic mass is 10.2. The number of aromatic amines is 1. The van der Waals surface area contributed by atoms with E-state index in [9.17, 15) is 26.4 Å². The number of benzene rings is 2. The number of imidazole rings is 1. The van der Waals surface area contributed by atoms with E-state index in [1.807, 2.05) is 6.92 Å². The second-order valence-corrected chi connectivity index (χ2v) is 10.2. The van der Waals surface area contributed by atoms with Gasteiger partial charge in [0.25, 0.3) is 15.9 Å². The number of hydrogen-bond donors (Lipinski definition) is 2. The Bertz CT molecular complexity index is 1460. The minimum absolute atomic E-state index is 0.0116. The molecule has 0 unspecified atom stereocenters. The number of nitrogens with one attached hydrogen (secondary N) is 2. The molecule has 2 heterocycles. The molecular weight excluding hydrogens is 489 g/mol. The van der Waals surface area contributed by atoms with Crippen molar-refractivity contribution in [3.8, 4) is 0 Å². The average Bonchev–Trinajstić information content (AvgIpc) is 3.40. The maximum atomic E-state index is 13.0. The molecule has 12 heteroatoms. The first kappa shape index (κ1) is 23.8. The zero-order chi connectivity index (χ0) is 24.7. The van der Waals surface area contributed by atoms with Gasteiger partial charge in [0.1, 0.15) is 15.6 Å².